The van der Waals surface area contributed by atoms with Gasteiger partial charge in [0.1, 0.15) is 17.2 Å². The third-order valence-electron chi connectivity index (χ3n) is 7.79. The van der Waals surface area contributed by atoms with Crippen LogP contribution >= 0.6 is 0 Å². The molecule has 3 aromatic rings. The SMILES string of the molecule is CCO[C@@]1(COCc2ccccc2)[C@H](N2C(=O)O[C@@H](c3ccccc3)[C@H]2c2ccccc2)C[C@@]12CO2. The van der Waals surface area contributed by atoms with E-state index in [1.165, 1.54) is 0 Å². The zero-order valence-electron chi connectivity index (χ0n) is 20.4. The van der Waals surface area contributed by atoms with Crippen molar-refractivity contribution in [2.45, 2.75) is 49.3 Å². The van der Waals surface area contributed by atoms with Crippen molar-refractivity contribution in [3.63, 3.8) is 0 Å². The lowest BCUT2D eigenvalue weighted by Gasteiger charge is -2.57. The van der Waals surface area contributed by atoms with E-state index in [0.29, 0.717) is 32.8 Å². The van der Waals surface area contributed by atoms with Crippen molar-refractivity contribution in [3.05, 3.63) is 108 Å². The van der Waals surface area contributed by atoms with Crippen LogP contribution in [0, 0.1) is 0 Å². The summed E-state index contributed by atoms with van der Waals surface area (Å²) in [6.07, 6.45) is -0.0468. The van der Waals surface area contributed by atoms with E-state index in [1.807, 2.05) is 90.7 Å². The minimum atomic E-state index is -0.756. The Morgan fingerprint density at radius 3 is 2.14 bits per heavy atom. The van der Waals surface area contributed by atoms with Gasteiger partial charge in [-0.25, -0.2) is 4.79 Å². The fourth-order valence-corrected chi connectivity index (χ4v) is 5.94. The zero-order valence-corrected chi connectivity index (χ0v) is 20.4. The third kappa shape index (κ3) is 3.81. The fourth-order valence-electron chi connectivity index (χ4n) is 5.94. The molecule has 1 amide bonds. The van der Waals surface area contributed by atoms with Crippen LogP contribution in [0.25, 0.3) is 0 Å². The monoisotopic (exact) mass is 485 g/mol. The van der Waals surface area contributed by atoms with Gasteiger partial charge in [-0.15, -0.1) is 0 Å². The summed E-state index contributed by atoms with van der Waals surface area (Å²) in [7, 11) is 0. The number of ether oxygens (including phenoxy) is 4. The van der Waals surface area contributed by atoms with Crippen LogP contribution in [0.4, 0.5) is 4.79 Å². The number of carbonyl (C=O) groups excluding carboxylic acids is 1. The lowest BCUT2D eigenvalue weighted by Crippen LogP contribution is -2.75. The number of nitrogens with zero attached hydrogens (tertiary/aromatic N) is 1. The summed E-state index contributed by atoms with van der Waals surface area (Å²) >= 11 is 0. The first-order valence-electron chi connectivity index (χ1n) is 12.7. The predicted octanol–water partition coefficient (Wildman–Crippen LogP) is 5.45. The van der Waals surface area contributed by atoms with E-state index in [9.17, 15) is 4.79 Å². The van der Waals surface area contributed by atoms with Crippen LogP contribution in [-0.4, -0.2) is 48.1 Å². The number of cyclic esters (lactones) is 1. The van der Waals surface area contributed by atoms with E-state index in [1.54, 1.807) is 0 Å². The fraction of sp³-hybridized carbons (Fsp3) is 0.367. The molecular formula is C30H31NO5. The summed E-state index contributed by atoms with van der Waals surface area (Å²) in [4.78, 5) is 15.5. The third-order valence-corrected chi connectivity index (χ3v) is 7.79. The molecule has 5 atom stereocenters. The highest BCUT2D eigenvalue weighted by Gasteiger charge is 2.78. The molecule has 3 aromatic carbocycles. The summed E-state index contributed by atoms with van der Waals surface area (Å²) in [5, 5.41) is 0. The Labute approximate surface area is 211 Å². The largest absolute Gasteiger partial charge is 0.439 e. The van der Waals surface area contributed by atoms with Gasteiger partial charge in [0.05, 0.1) is 25.9 Å². The molecule has 2 aliphatic heterocycles. The molecular weight excluding hydrogens is 454 g/mol. The topological polar surface area (TPSA) is 60.5 Å². The van der Waals surface area contributed by atoms with Gasteiger partial charge in [-0.3, -0.25) is 4.90 Å². The average Bonchev–Trinajstić information content (AvgIpc) is 3.67. The van der Waals surface area contributed by atoms with Gasteiger partial charge >= 0.3 is 6.09 Å². The Morgan fingerprint density at radius 2 is 1.53 bits per heavy atom. The van der Waals surface area contributed by atoms with Crippen molar-refractivity contribution in [3.8, 4) is 0 Å². The standard InChI is InChI=1S/C30H31NO5/c1-2-34-30(21-33-19-22-12-6-3-7-13-22)25(18-29(30)20-35-29)31-26(23-14-8-4-9-15-23)27(36-28(31)32)24-16-10-5-11-17-24/h3-17,25-27H,2,18-21H2,1H3/t25-,26-,27+,29-,30+/m1/s1. The van der Waals surface area contributed by atoms with E-state index < -0.39 is 17.3 Å². The van der Waals surface area contributed by atoms with Crippen LogP contribution < -0.4 is 0 Å². The second-order valence-corrected chi connectivity index (χ2v) is 9.78. The molecule has 0 unspecified atom stereocenters. The van der Waals surface area contributed by atoms with Crippen LogP contribution in [0.15, 0.2) is 91.0 Å². The second-order valence-electron chi connectivity index (χ2n) is 9.78. The Kier molecular flexibility index (Phi) is 6.04. The van der Waals surface area contributed by atoms with Crippen molar-refractivity contribution < 1.29 is 23.7 Å². The van der Waals surface area contributed by atoms with Crippen LogP contribution in [0.3, 0.4) is 0 Å². The molecule has 0 aromatic heterocycles. The molecule has 1 spiro atoms. The van der Waals surface area contributed by atoms with Gasteiger partial charge in [0.15, 0.2) is 6.10 Å². The van der Waals surface area contributed by atoms with Gasteiger partial charge < -0.3 is 18.9 Å². The van der Waals surface area contributed by atoms with Crippen molar-refractivity contribution >= 4 is 6.09 Å². The highest BCUT2D eigenvalue weighted by Crippen LogP contribution is 2.61. The average molecular weight is 486 g/mol. The lowest BCUT2D eigenvalue weighted by atomic mass is 9.63. The van der Waals surface area contributed by atoms with E-state index in [0.717, 1.165) is 16.7 Å². The van der Waals surface area contributed by atoms with Crippen molar-refractivity contribution in [1.82, 2.24) is 4.90 Å². The number of epoxide rings is 1. The minimum Gasteiger partial charge on any atom is -0.439 e. The van der Waals surface area contributed by atoms with E-state index in [4.69, 9.17) is 18.9 Å². The van der Waals surface area contributed by atoms with Crippen molar-refractivity contribution in [2.24, 2.45) is 0 Å². The second kappa shape index (κ2) is 9.36. The summed E-state index contributed by atoms with van der Waals surface area (Å²) < 4.78 is 24.8. The van der Waals surface area contributed by atoms with Crippen LogP contribution in [0.2, 0.25) is 0 Å². The first-order chi connectivity index (χ1) is 17.7. The molecule has 186 valence electrons. The molecule has 3 aliphatic rings. The Balaban J connectivity index is 1.34. The van der Waals surface area contributed by atoms with Crippen molar-refractivity contribution in [2.75, 3.05) is 19.8 Å². The highest BCUT2D eigenvalue weighted by molar-refractivity contribution is 5.73. The van der Waals surface area contributed by atoms with Gasteiger partial charge in [0.2, 0.25) is 0 Å². The molecule has 2 saturated heterocycles. The molecule has 2 heterocycles. The maximum Gasteiger partial charge on any atom is 0.411 e. The molecule has 6 rings (SSSR count). The number of hydrogen-bond acceptors (Lipinski definition) is 5. The van der Waals surface area contributed by atoms with E-state index in [-0.39, 0.29) is 18.2 Å². The summed E-state index contributed by atoms with van der Waals surface area (Å²) in [5.74, 6) is 0. The van der Waals surface area contributed by atoms with Crippen molar-refractivity contribution in [1.29, 1.82) is 0 Å². The first kappa shape index (κ1) is 23.2. The van der Waals surface area contributed by atoms with Gasteiger partial charge in [0.25, 0.3) is 0 Å². The van der Waals surface area contributed by atoms with Gasteiger partial charge in [0, 0.05) is 13.0 Å². The molecule has 3 fully saturated rings. The zero-order chi connectivity index (χ0) is 24.6. The molecule has 1 aliphatic carbocycles. The maximum absolute atomic E-state index is 13.6. The van der Waals surface area contributed by atoms with E-state index in [2.05, 4.69) is 12.1 Å². The predicted molar refractivity (Wildman–Crippen MR) is 134 cm³/mol. The van der Waals surface area contributed by atoms with Crippen LogP contribution in [0.1, 0.15) is 42.2 Å². The molecule has 6 heteroatoms. The van der Waals surface area contributed by atoms with Crippen LogP contribution in [-0.2, 0) is 25.6 Å². The minimum absolute atomic E-state index is 0.234. The number of hydrogen-bond donors (Lipinski definition) is 0. The summed E-state index contributed by atoms with van der Waals surface area (Å²) in [6.45, 7) is 3.89. The lowest BCUT2D eigenvalue weighted by molar-refractivity contribution is -0.230. The summed E-state index contributed by atoms with van der Waals surface area (Å²) in [6, 6.07) is 29.6. The normalized spacial score (nSPS) is 30.8. The Hall–Kier alpha value is -3.19. The number of carbonyl (C=O) groups is 1. The molecule has 0 N–H and O–H groups in total. The number of amides is 1. The van der Waals surface area contributed by atoms with Gasteiger partial charge in [-0.05, 0) is 23.6 Å². The number of benzene rings is 3. The van der Waals surface area contributed by atoms with Crippen LogP contribution in [0.5, 0.6) is 0 Å². The Morgan fingerprint density at radius 1 is 0.917 bits per heavy atom. The Bertz CT molecular complexity index is 1180. The first-order valence-corrected chi connectivity index (χ1v) is 12.7. The molecule has 0 radical (unpaired) electrons. The highest BCUT2D eigenvalue weighted by atomic mass is 16.6. The van der Waals surface area contributed by atoms with E-state index >= 15 is 0 Å². The molecule has 1 saturated carbocycles. The summed E-state index contributed by atoms with van der Waals surface area (Å²) in [5.41, 5.74) is 1.93. The quantitative estimate of drug-likeness (QED) is 0.377. The van der Waals surface area contributed by atoms with Gasteiger partial charge in [-0.2, -0.15) is 0 Å². The molecule has 0 bridgehead atoms. The van der Waals surface area contributed by atoms with Gasteiger partial charge in [-0.1, -0.05) is 91.0 Å². The molecule has 6 nitrogen and oxygen atoms in total. The number of rotatable bonds is 9. The maximum atomic E-state index is 13.6. The molecule has 36 heavy (non-hydrogen) atoms. The smallest absolute Gasteiger partial charge is 0.411 e.